The molecule has 0 saturated heterocycles. The molecule has 0 atom stereocenters. The Hall–Kier alpha value is -3.38. The lowest BCUT2D eigenvalue weighted by Crippen LogP contribution is -2.07. The molecule has 1 N–H and O–H groups in total. The molecule has 0 aliphatic carbocycles. The molecule has 0 aliphatic rings. The van der Waals surface area contributed by atoms with E-state index in [9.17, 15) is 14.9 Å². The highest BCUT2D eigenvalue weighted by atomic mass is 35.5. The van der Waals surface area contributed by atoms with Crippen LogP contribution < -0.4 is 5.32 Å². The SMILES string of the molecule is Cc1ccc(NC(=O)/C=C/c2ccc(-c3c(C)cccc3[N+](=O)[O-])o2)cc1Cl. The number of anilines is 1. The number of carbonyl (C=O) groups excluding carboxylic acids is 1. The van der Waals surface area contributed by atoms with Crippen LogP contribution in [0, 0.1) is 24.0 Å². The minimum Gasteiger partial charge on any atom is -0.456 e. The Kier molecular flexibility index (Phi) is 5.61. The first-order valence-corrected chi connectivity index (χ1v) is 8.82. The number of hydrogen-bond acceptors (Lipinski definition) is 4. The second-order valence-electron chi connectivity index (χ2n) is 6.21. The van der Waals surface area contributed by atoms with Crippen molar-refractivity contribution in [2.24, 2.45) is 0 Å². The number of nitrogens with zero attached hydrogens (tertiary/aromatic N) is 1. The van der Waals surface area contributed by atoms with Crippen LogP contribution in [-0.2, 0) is 4.79 Å². The molecular weight excluding hydrogens is 380 g/mol. The summed E-state index contributed by atoms with van der Waals surface area (Å²) in [6, 6.07) is 13.4. The summed E-state index contributed by atoms with van der Waals surface area (Å²) in [5.41, 5.74) is 2.63. The molecule has 142 valence electrons. The Morgan fingerprint density at radius 3 is 2.64 bits per heavy atom. The van der Waals surface area contributed by atoms with Crippen LogP contribution in [0.4, 0.5) is 11.4 Å². The van der Waals surface area contributed by atoms with Crippen molar-refractivity contribution in [3.8, 4) is 11.3 Å². The van der Waals surface area contributed by atoms with Gasteiger partial charge in [0.15, 0.2) is 0 Å². The van der Waals surface area contributed by atoms with E-state index in [0.29, 0.717) is 27.8 Å². The number of rotatable bonds is 5. The second-order valence-corrected chi connectivity index (χ2v) is 6.62. The largest absolute Gasteiger partial charge is 0.456 e. The first-order valence-electron chi connectivity index (χ1n) is 8.44. The van der Waals surface area contributed by atoms with Gasteiger partial charge in [-0.15, -0.1) is 0 Å². The third-order valence-electron chi connectivity index (χ3n) is 4.16. The Morgan fingerprint density at radius 2 is 1.93 bits per heavy atom. The molecule has 0 unspecified atom stereocenters. The number of hydrogen-bond donors (Lipinski definition) is 1. The highest BCUT2D eigenvalue weighted by Crippen LogP contribution is 2.34. The molecule has 0 saturated carbocycles. The van der Waals surface area contributed by atoms with Crippen molar-refractivity contribution in [1.29, 1.82) is 0 Å². The van der Waals surface area contributed by atoms with Gasteiger partial charge in [-0.1, -0.05) is 29.8 Å². The van der Waals surface area contributed by atoms with Crippen LogP contribution >= 0.6 is 11.6 Å². The number of aryl methyl sites for hydroxylation is 2. The maximum atomic E-state index is 12.1. The fraction of sp³-hybridized carbons (Fsp3) is 0.0952. The van der Waals surface area contributed by atoms with Crippen LogP contribution in [0.15, 0.2) is 59.0 Å². The zero-order valence-electron chi connectivity index (χ0n) is 15.2. The van der Waals surface area contributed by atoms with Gasteiger partial charge < -0.3 is 9.73 Å². The minimum atomic E-state index is -0.444. The van der Waals surface area contributed by atoms with Crippen LogP contribution in [0.25, 0.3) is 17.4 Å². The molecule has 3 rings (SSSR count). The molecule has 0 spiro atoms. The zero-order valence-corrected chi connectivity index (χ0v) is 16.0. The molecule has 0 aliphatic heterocycles. The van der Waals surface area contributed by atoms with Gasteiger partial charge in [-0.05, 0) is 55.3 Å². The van der Waals surface area contributed by atoms with E-state index in [1.54, 1.807) is 43.3 Å². The van der Waals surface area contributed by atoms with Crippen molar-refractivity contribution in [3.63, 3.8) is 0 Å². The first-order chi connectivity index (χ1) is 13.3. The standard InChI is InChI=1S/C21H17ClN2O4/c1-13-6-7-15(12-17(13)22)23-20(25)11-9-16-8-10-19(28-16)21-14(2)4-3-5-18(21)24(26)27/h3-12H,1-2H3,(H,23,25)/b11-9+. The maximum absolute atomic E-state index is 12.1. The molecule has 0 radical (unpaired) electrons. The molecule has 0 fully saturated rings. The molecule has 7 heteroatoms. The van der Waals surface area contributed by atoms with Crippen molar-refractivity contribution < 1.29 is 14.1 Å². The summed E-state index contributed by atoms with van der Waals surface area (Å²) in [6.45, 7) is 3.65. The number of amides is 1. The van der Waals surface area contributed by atoms with Crippen LogP contribution in [-0.4, -0.2) is 10.8 Å². The van der Waals surface area contributed by atoms with Gasteiger partial charge in [-0.2, -0.15) is 0 Å². The molecule has 1 aromatic heterocycles. The Balaban J connectivity index is 1.77. The van der Waals surface area contributed by atoms with E-state index in [2.05, 4.69) is 5.32 Å². The topological polar surface area (TPSA) is 85.4 Å². The van der Waals surface area contributed by atoms with Gasteiger partial charge in [-0.25, -0.2) is 0 Å². The number of nitro benzene ring substituents is 1. The van der Waals surface area contributed by atoms with Crippen molar-refractivity contribution >= 4 is 35.0 Å². The van der Waals surface area contributed by atoms with E-state index in [1.807, 2.05) is 13.0 Å². The first kappa shape index (κ1) is 19.4. The highest BCUT2D eigenvalue weighted by Gasteiger charge is 2.19. The van der Waals surface area contributed by atoms with Gasteiger partial charge in [0.25, 0.3) is 5.69 Å². The average Bonchev–Trinajstić information content (AvgIpc) is 3.11. The molecule has 2 aromatic carbocycles. The summed E-state index contributed by atoms with van der Waals surface area (Å²) < 4.78 is 5.68. The zero-order chi connectivity index (χ0) is 20.3. The average molecular weight is 397 g/mol. The third-order valence-corrected chi connectivity index (χ3v) is 4.57. The summed E-state index contributed by atoms with van der Waals surface area (Å²) >= 11 is 6.05. The van der Waals surface area contributed by atoms with Gasteiger partial charge in [-0.3, -0.25) is 14.9 Å². The summed E-state index contributed by atoms with van der Waals surface area (Å²) in [6.07, 6.45) is 2.82. The third kappa shape index (κ3) is 4.29. The lowest BCUT2D eigenvalue weighted by Gasteiger charge is -2.04. The predicted octanol–water partition coefficient (Wildman–Crippen LogP) is 5.78. The van der Waals surface area contributed by atoms with Crippen molar-refractivity contribution in [3.05, 3.63) is 86.6 Å². The highest BCUT2D eigenvalue weighted by molar-refractivity contribution is 6.31. The fourth-order valence-electron chi connectivity index (χ4n) is 2.71. The molecular formula is C21H17ClN2O4. The van der Waals surface area contributed by atoms with E-state index >= 15 is 0 Å². The smallest absolute Gasteiger partial charge is 0.280 e. The van der Waals surface area contributed by atoms with Crippen molar-refractivity contribution in [1.82, 2.24) is 0 Å². The van der Waals surface area contributed by atoms with E-state index in [1.165, 1.54) is 18.2 Å². The van der Waals surface area contributed by atoms with Gasteiger partial charge in [0.1, 0.15) is 11.5 Å². The number of nitrogens with one attached hydrogen (secondary N) is 1. The lowest BCUT2D eigenvalue weighted by atomic mass is 10.0. The van der Waals surface area contributed by atoms with Crippen molar-refractivity contribution in [2.75, 3.05) is 5.32 Å². The van der Waals surface area contributed by atoms with Crippen molar-refractivity contribution in [2.45, 2.75) is 13.8 Å². The fourth-order valence-corrected chi connectivity index (χ4v) is 2.89. The molecule has 3 aromatic rings. The molecule has 0 bridgehead atoms. The van der Waals surface area contributed by atoms with Crippen LogP contribution in [0.3, 0.4) is 0 Å². The summed E-state index contributed by atoms with van der Waals surface area (Å²) in [7, 11) is 0. The number of carbonyl (C=O) groups is 1. The summed E-state index contributed by atoms with van der Waals surface area (Å²) in [5.74, 6) is 0.430. The Bertz CT molecular complexity index is 1090. The number of benzene rings is 2. The summed E-state index contributed by atoms with van der Waals surface area (Å²) in [4.78, 5) is 22.9. The van der Waals surface area contributed by atoms with E-state index in [4.69, 9.17) is 16.0 Å². The van der Waals surface area contributed by atoms with Crippen LogP contribution in [0.2, 0.25) is 5.02 Å². The van der Waals surface area contributed by atoms with Gasteiger partial charge in [0.2, 0.25) is 5.91 Å². The van der Waals surface area contributed by atoms with Gasteiger partial charge in [0.05, 0.1) is 10.5 Å². The molecule has 6 nitrogen and oxygen atoms in total. The Morgan fingerprint density at radius 1 is 1.14 bits per heavy atom. The Labute approximate surface area is 166 Å². The summed E-state index contributed by atoms with van der Waals surface area (Å²) in [5, 5.41) is 14.6. The molecule has 1 heterocycles. The predicted molar refractivity (Wildman–Crippen MR) is 109 cm³/mol. The second kappa shape index (κ2) is 8.10. The van der Waals surface area contributed by atoms with Gasteiger partial charge in [0, 0.05) is 22.9 Å². The van der Waals surface area contributed by atoms with E-state index in [-0.39, 0.29) is 11.6 Å². The number of nitro groups is 1. The van der Waals surface area contributed by atoms with Crippen LogP contribution in [0.5, 0.6) is 0 Å². The number of halogens is 1. The lowest BCUT2D eigenvalue weighted by molar-refractivity contribution is -0.384. The normalized spacial score (nSPS) is 11.0. The van der Waals surface area contributed by atoms with E-state index in [0.717, 1.165) is 11.1 Å². The monoisotopic (exact) mass is 396 g/mol. The minimum absolute atomic E-state index is 0.0288. The molecule has 28 heavy (non-hydrogen) atoms. The number of furan rings is 1. The quantitative estimate of drug-likeness (QED) is 0.336. The van der Waals surface area contributed by atoms with E-state index < -0.39 is 4.92 Å². The molecule has 1 amide bonds. The van der Waals surface area contributed by atoms with Crippen LogP contribution in [0.1, 0.15) is 16.9 Å². The van der Waals surface area contributed by atoms with Gasteiger partial charge >= 0.3 is 0 Å². The maximum Gasteiger partial charge on any atom is 0.280 e.